The third-order valence-corrected chi connectivity index (χ3v) is 4.89. The van der Waals surface area contributed by atoms with Gasteiger partial charge in [-0.3, -0.25) is 4.90 Å². The highest BCUT2D eigenvalue weighted by Gasteiger charge is 2.28. The summed E-state index contributed by atoms with van der Waals surface area (Å²) in [7, 11) is 2.25. The molecule has 1 aromatic rings. The molecule has 1 aliphatic rings. The summed E-state index contributed by atoms with van der Waals surface area (Å²) in [5.41, 5.74) is 0.270. The fraction of sp³-hybridized carbons (Fsp3) is 0.733. The molecule has 0 saturated carbocycles. The number of nitrogens with one attached hydrogen (secondary N) is 1. The Balaban J connectivity index is 1.77. The van der Waals surface area contributed by atoms with Gasteiger partial charge in [-0.15, -0.1) is 11.3 Å². The van der Waals surface area contributed by atoms with Gasteiger partial charge in [-0.1, -0.05) is 6.07 Å². The second kappa shape index (κ2) is 6.84. The zero-order valence-electron chi connectivity index (χ0n) is 12.5. The maximum atomic E-state index is 3.43. The normalized spacial score (nSPS) is 18.1. The molecule has 0 aromatic carbocycles. The number of piperazine rings is 1. The summed E-state index contributed by atoms with van der Waals surface area (Å²) in [6, 6.07) is 4.38. The molecule has 1 N–H and O–H groups in total. The highest BCUT2D eigenvalue weighted by Crippen LogP contribution is 2.17. The van der Waals surface area contributed by atoms with Gasteiger partial charge in [-0.05, 0) is 38.8 Å². The molecule has 108 valence electrons. The van der Waals surface area contributed by atoms with Crippen molar-refractivity contribution < 1.29 is 0 Å². The lowest BCUT2D eigenvalue weighted by Gasteiger charge is -2.43. The summed E-state index contributed by atoms with van der Waals surface area (Å²) in [6.45, 7) is 11.6. The van der Waals surface area contributed by atoms with Gasteiger partial charge in [-0.2, -0.15) is 0 Å². The molecule has 3 nitrogen and oxygen atoms in total. The van der Waals surface area contributed by atoms with Gasteiger partial charge in [0.05, 0.1) is 0 Å². The van der Waals surface area contributed by atoms with Crippen LogP contribution in [0, 0.1) is 0 Å². The second-order valence-electron chi connectivity index (χ2n) is 6.12. The van der Waals surface area contributed by atoms with E-state index in [0.717, 1.165) is 26.2 Å². The van der Waals surface area contributed by atoms with Crippen LogP contribution in [0.25, 0.3) is 0 Å². The largest absolute Gasteiger partial charge is 0.314 e. The van der Waals surface area contributed by atoms with E-state index < -0.39 is 0 Å². The minimum absolute atomic E-state index is 0.270. The molecule has 19 heavy (non-hydrogen) atoms. The lowest BCUT2D eigenvalue weighted by atomic mass is 10.0. The van der Waals surface area contributed by atoms with Crippen molar-refractivity contribution in [1.82, 2.24) is 15.1 Å². The van der Waals surface area contributed by atoms with E-state index >= 15 is 0 Å². The molecule has 0 bridgehead atoms. The molecular formula is C15H27N3S. The summed E-state index contributed by atoms with van der Waals surface area (Å²) < 4.78 is 0. The number of thiophene rings is 1. The van der Waals surface area contributed by atoms with Crippen LogP contribution in [0.1, 0.15) is 18.7 Å². The van der Waals surface area contributed by atoms with Crippen molar-refractivity contribution in [2.45, 2.75) is 25.8 Å². The molecule has 0 aliphatic carbocycles. The smallest absolute Gasteiger partial charge is 0.0281 e. The highest BCUT2D eigenvalue weighted by atomic mass is 32.1. The van der Waals surface area contributed by atoms with Crippen LogP contribution in [0.3, 0.4) is 0 Å². The first-order valence-corrected chi connectivity index (χ1v) is 8.12. The molecular weight excluding hydrogens is 254 g/mol. The van der Waals surface area contributed by atoms with Crippen molar-refractivity contribution >= 4 is 11.3 Å². The van der Waals surface area contributed by atoms with E-state index in [0.29, 0.717) is 0 Å². The topological polar surface area (TPSA) is 18.5 Å². The predicted molar refractivity (Wildman–Crippen MR) is 84.0 cm³/mol. The number of hydrogen-bond acceptors (Lipinski definition) is 4. The molecule has 2 rings (SSSR count). The van der Waals surface area contributed by atoms with Gasteiger partial charge >= 0.3 is 0 Å². The highest BCUT2D eigenvalue weighted by molar-refractivity contribution is 7.09. The first-order valence-electron chi connectivity index (χ1n) is 7.25. The molecule has 4 heteroatoms. The molecule has 0 spiro atoms. The van der Waals surface area contributed by atoms with Crippen molar-refractivity contribution in [2.24, 2.45) is 0 Å². The van der Waals surface area contributed by atoms with Gasteiger partial charge in [0, 0.05) is 49.7 Å². The molecule has 2 heterocycles. The van der Waals surface area contributed by atoms with Crippen LogP contribution in [0.2, 0.25) is 0 Å². The van der Waals surface area contributed by atoms with Gasteiger partial charge in [0.15, 0.2) is 0 Å². The number of rotatable bonds is 6. The molecule has 0 atom stereocenters. The van der Waals surface area contributed by atoms with E-state index in [1.807, 2.05) is 11.3 Å². The van der Waals surface area contributed by atoms with Gasteiger partial charge in [-0.25, -0.2) is 0 Å². The lowest BCUT2D eigenvalue weighted by molar-refractivity contribution is 0.0718. The van der Waals surface area contributed by atoms with E-state index in [-0.39, 0.29) is 5.54 Å². The Kier molecular flexibility index (Phi) is 5.39. The van der Waals surface area contributed by atoms with E-state index in [1.54, 1.807) is 0 Å². The first-order chi connectivity index (χ1) is 9.08. The fourth-order valence-corrected chi connectivity index (χ4v) is 3.56. The van der Waals surface area contributed by atoms with E-state index in [9.17, 15) is 0 Å². The summed E-state index contributed by atoms with van der Waals surface area (Å²) in [5.74, 6) is 0. The van der Waals surface area contributed by atoms with Gasteiger partial charge in [0.25, 0.3) is 0 Å². The third-order valence-electron chi connectivity index (χ3n) is 3.95. The van der Waals surface area contributed by atoms with Crippen LogP contribution in [-0.2, 0) is 6.42 Å². The van der Waals surface area contributed by atoms with Crippen LogP contribution in [0.15, 0.2) is 17.5 Å². The Morgan fingerprint density at radius 3 is 2.74 bits per heavy atom. The van der Waals surface area contributed by atoms with Crippen molar-refractivity contribution in [3.63, 3.8) is 0 Å². The average Bonchev–Trinajstić information content (AvgIpc) is 2.90. The Labute approximate surface area is 121 Å². The Hall–Kier alpha value is -0.420. The molecule has 1 saturated heterocycles. The minimum Gasteiger partial charge on any atom is -0.314 e. The van der Waals surface area contributed by atoms with E-state index in [1.165, 1.54) is 24.4 Å². The molecule has 0 radical (unpaired) electrons. The Morgan fingerprint density at radius 1 is 1.37 bits per heavy atom. The van der Waals surface area contributed by atoms with Crippen molar-refractivity contribution in [1.29, 1.82) is 0 Å². The second-order valence-corrected chi connectivity index (χ2v) is 7.15. The molecule has 1 aliphatic heterocycles. The van der Waals surface area contributed by atoms with Crippen LogP contribution in [-0.4, -0.2) is 61.7 Å². The summed E-state index contributed by atoms with van der Waals surface area (Å²) in [6.07, 6.45) is 1.17. The Morgan fingerprint density at radius 2 is 2.11 bits per heavy atom. The zero-order chi connectivity index (χ0) is 13.7. The molecule has 0 amide bonds. The Bertz CT molecular complexity index is 355. The fourth-order valence-electron chi connectivity index (χ4n) is 2.87. The summed E-state index contributed by atoms with van der Waals surface area (Å²) in [4.78, 5) is 6.58. The molecule has 1 aromatic heterocycles. The number of nitrogens with zero attached hydrogens (tertiary/aromatic N) is 2. The number of likely N-dealkylation sites (N-methyl/N-ethyl adjacent to an activating group) is 1. The van der Waals surface area contributed by atoms with Crippen LogP contribution in [0.4, 0.5) is 0 Å². The van der Waals surface area contributed by atoms with Gasteiger partial charge in [0.1, 0.15) is 0 Å². The predicted octanol–water partition coefficient (Wildman–Crippen LogP) is 1.91. The monoisotopic (exact) mass is 281 g/mol. The third kappa shape index (κ3) is 4.56. The van der Waals surface area contributed by atoms with Crippen molar-refractivity contribution in [3.8, 4) is 0 Å². The minimum atomic E-state index is 0.270. The molecule has 1 fully saturated rings. The summed E-state index contributed by atoms with van der Waals surface area (Å²) in [5, 5.41) is 5.60. The molecule has 0 unspecified atom stereocenters. The van der Waals surface area contributed by atoms with Crippen molar-refractivity contribution in [2.75, 3.05) is 46.3 Å². The van der Waals surface area contributed by atoms with Gasteiger partial charge in [0.2, 0.25) is 0 Å². The summed E-state index contributed by atoms with van der Waals surface area (Å²) >= 11 is 1.87. The van der Waals surface area contributed by atoms with Crippen molar-refractivity contribution in [3.05, 3.63) is 22.4 Å². The average molecular weight is 281 g/mol. The van der Waals surface area contributed by atoms with E-state index in [4.69, 9.17) is 0 Å². The maximum Gasteiger partial charge on any atom is 0.0281 e. The number of hydrogen-bond donors (Lipinski definition) is 1. The van der Waals surface area contributed by atoms with Gasteiger partial charge < -0.3 is 10.2 Å². The maximum absolute atomic E-state index is 3.43. The zero-order valence-corrected chi connectivity index (χ0v) is 13.3. The van der Waals surface area contributed by atoms with E-state index in [2.05, 4.69) is 53.5 Å². The van der Waals surface area contributed by atoms with Crippen LogP contribution < -0.4 is 5.32 Å². The first kappa shape index (κ1) is 15.0. The van der Waals surface area contributed by atoms with Crippen LogP contribution in [0.5, 0.6) is 0 Å². The van der Waals surface area contributed by atoms with Crippen LogP contribution >= 0.6 is 11.3 Å². The quantitative estimate of drug-likeness (QED) is 0.859. The standard InChI is InChI=1S/C15H27N3S/c1-15(2,18-10-7-16-8-11-18)13-17(3)9-6-14-5-4-12-19-14/h4-5,12,16H,6-11,13H2,1-3H3. The lowest BCUT2D eigenvalue weighted by Crippen LogP contribution is -2.57. The SMILES string of the molecule is CN(CCc1cccs1)CC(C)(C)N1CCNCC1.